The van der Waals surface area contributed by atoms with Gasteiger partial charge in [0.25, 0.3) is 0 Å². The van der Waals surface area contributed by atoms with Gasteiger partial charge in [0, 0.05) is 44.8 Å². The van der Waals surface area contributed by atoms with Gasteiger partial charge in [0.1, 0.15) is 0 Å². The molecule has 0 aromatic heterocycles. The fourth-order valence-electron chi connectivity index (χ4n) is 4.47. The van der Waals surface area contributed by atoms with Crippen LogP contribution in [0.2, 0.25) is 0 Å². The molecule has 3 heteroatoms. The standard InChI is InChI=1S/C17H33N3/c1-3-18-9-8-17(14-18)20-12-10-19(11-13-20)16-6-4-15(2)5-7-16/h15-17H,3-14H2,1-2H3. The number of hydrogen-bond acceptors (Lipinski definition) is 3. The van der Waals surface area contributed by atoms with Crippen molar-refractivity contribution >= 4 is 0 Å². The Morgan fingerprint density at radius 1 is 0.750 bits per heavy atom. The maximum Gasteiger partial charge on any atom is 0.0236 e. The molecule has 0 amide bonds. The highest BCUT2D eigenvalue weighted by molar-refractivity contribution is 4.88. The molecule has 1 saturated carbocycles. The molecule has 1 unspecified atom stereocenters. The van der Waals surface area contributed by atoms with E-state index >= 15 is 0 Å². The van der Waals surface area contributed by atoms with Crippen LogP contribution in [0.4, 0.5) is 0 Å². The highest BCUT2D eigenvalue weighted by Crippen LogP contribution is 2.28. The Hall–Kier alpha value is -0.120. The normalized spacial score (nSPS) is 38.4. The van der Waals surface area contributed by atoms with Crippen molar-refractivity contribution in [3.05, 3.63) is 0 Å². The molecule has 3 nitrogen and oxygen atoms in total. The molecule has 2 heterocycles. The van der Waals surface area contributed by atoms with Gasteiger partial charge in [0.05, 0.1) is 0 Å². The monoisotopic (exact) mass is 279 g/mol. The molecule has 2 aliphatic heterocycles. The molecule has 2 saturated heterocycles. The number of rotatable bonds is 3. The summed E-state index contributed by atoms with van der Waals surface area (Å²) in [6, 6.07) is 1.76. The summed E-state index contributed by atoms with van der Waals surface area (Å²) in [7, 11) is 0. The third-order valence-corrected chi connectivity index (χ3v) is 6.06. The number of piperazine rings is 1. The largest absolute Gasteiger partial charge is 0.302 e. The minimum Gasteiger partial charge on any atom is -0.302 e. The van der Waals surface area contributed by atoms with Gasteiger partial charge in [-0.3, -0.25) is 9.80 Å². The van der Waals surface area contributed by atoms with Crippen molar-refractivity contribution < 1.29 is 0 Å². The average molecular weight is 279 g/mol. The Bertz CT molecular complexity index is 281. The Morgan fingerprint density at radius 3 is 1.90 bits per heavy atom. The van der Waals surface area contributed by atoms with Crippen molar-refractivity contribution in [1.82, 2.24) is 14.7 Å². The van der Waals surface area contributed by atoms with Crippen LogP contribution in [0.15, 0.2) is 0 Å². The first-order valence-electron chi connectivity index (χ1n) is 8.96. The lowest BCUT2D eigenvalue weighted by Gasteiger charge is -2.43. The van der Waals surface area contributed by atoms with E-state index in [0.29, 0.717) is 0 Å². The molecule has 3 rings (SSSR count). The number of likely N-dealkylation sites (tertiary alicyclic amines) is 1. The highest BCUT2D eigenvalue weighted by atomic mass is 15.3. The van der Waals surface area contributed by atoms with Crippen molar-refractivity contribution in [1.29, 1.82) is 0 Å². The fourth-order valence-corrected chi connectivity index (χ4v) is 4.47. The third-order valence-electron chi connectivity index (χ3n) is 6.06. The third kappa shape index (κ3) is 3.37. The molecule has 0 radical (unpaired) electrons. The molecular weight excluding hydrogens is 246 g/mol. The zero-order chi connectivity index (χ0) is 13.9. The van der Waals surface area contributed by atoms with Crippen molar-refractivity contribution in [3.8, 4) is 0 Å². The van der Waals surface area contributed by atoms with Crippen LogP contribution in [0, 0.1) is 5.92 Å². The molecule has 1 aliphatic carbocycles. The Morgan fingerprint density at radius 2 is 1.35 bits per heavy atom. The summed E-state index contributed by atoms with van der Waals surface area (Å²) < 4.78 is 0. The van der Waals surface area contributed by atoms with Crippen LogP contribution in [0.1, 0.15) is 46.0 Å². The van der Waals surface area contributed by atoms with Gasteiger partial charge < -0.3 is 4.90 Å². The summed E-state index contributed by atoms with van der Waals surface area (Å²) in [5.41, 5.74) is 0. The predicted molar refractivity (Wildman–Crippen MR) is 85.1 cm³/mol. The summed E-state index contributed by atoms with van der Waals surface area (Å²) in [4.78, 5) is 8.19. The number of nitrogens with zero attached hydrogens (tertiary/aromatic N) is 3. The first kappa shape index (κ1) is 14.8. The molecule has 116 valence electrons. The van der Waals surface area contributed by atoms with Crippen LogP contribution in [-0.4, -0.2) is 72.6 Å². The van der Waals surface area contributed by atoms with Gasteiger partial charge in [-0.05, 0) is 51.1 Å². The smallest absolute Gasteiger partial charge is 0.0236 e. The maximum absolute atomic E-state index is 2.80. The van der Waals surface area contributed by atoms with Gasteiger partial charge in [-0.2, -0.15) is 0 Å². The second-order valence-corrected chi connectivity index (χ2v) is 7.32. The molecule has 0 aromatic rings. The topological polar surface area (TPSA) is 9.72 Å². The van der Waals surface area contributed by atoms with E-state index in [1.807, 2.05) is 0 Å². The molecular formula is C17H33N3. The van der Waals surface area contributed by atoms with Crippen LogP contribution < -0.4 is 0 Å². The van der Waals surface area contributed by atoms with Crippen LogP contribution in [0.3, 0.4) is 0 Å². The molecule has 0 bridgehead atoms. The van der Waals surface area contributed by atoms with Gasteiger partial charge in [0.15, 0.2) is 0 Å². The molecule has 3 aliphatic rings. The predicted octanol–water partition coefficient (Wildman–Crippen LogP) is 2.28. The lowest BCUT2D eigenvalue weighted by molar-refractivity contribution is 0.0532. The molecule has 3 fully saturated rings. The molecule has 0 N–H and O–H groups in total. The molecule has 20 heavy (non-hydrogen) atoms. The Balaban J connectivity index is 1.43. The molecule has 0 spiro atoms. The van der Waals surface area contributed by atoms with E-state index in [2.05, 4.69) is 28.5 Å². The zero-order valence-corrected chi connectivity index (χ0v) is 13.6. The van der Waals surface area contributed by atoms with Gasteiger partial charge >= 0.3 is 0 Å². The van der Waals surface area contributed by atoms with Gasteiger partial charge in [-0.1, -0.05) is 13.8 Å². The van der Waals surface area contributed by atoms with E-state index in [4.69, 9.17) is 0 Å². The van der Waals surface area contributed by atoms with E-state index in [9.17, 15) is 0 Å². The van der Waals surface area contributed by atoms with Crippen molar-refractivity contribution in [2.45, 2.75) is 58.0 Å². The van der Waals surface area contributed by atoms with Crippen LogP contribution in [0.5, 0.6) is 0 Å². The quantitative estimate of drug-likeness (QED) is 0.785. The van der Waals surface area contributed by atoms with Gasteiger partial charge in [-0.25, -0.2) is 0 Å². The zero-order valence-electron chi connectivity index (χ0n) is 13.6. The van der Waals surface area contributed by atoms with Crippen molar-refractivity contribution in [2.24, 2.45) is 5.92 Å². The second-order valence-electron chi connectivity index (χ2n) is 7.32. The minimum absolute atomic E-state index is 0.850. The first-order valence-corrected chi connectivity index (χ1v) is 8.96. The second kappa shape index (κ2) is 6.76. The summed E-state index contributed by atoms with van der Waals surface area (Å²) in [5, 5.41) is 0. The van der Waals surface area contributed by atoms with E-state index in [1.165, 1.54) is 77.9 Å². The number of likely N-dealkylation sites (N-methyl/N-ethyl adjacent to an activating group) is 1. The van der Waals surface area contributed by atoms with Crippen molar-refractivity contribution in [2.75, 3.05) is 45.8 Å². The van der Waals surface area contributed by atoms with Crippen LogP contribution >= 0.6 is 0 Å². The van der Waals surface area contributed by atoms with E-state index in [1.54, 1.807) is 0 Å². The van der Waals surface area contributed by atoms with Crippen molar-refractivity contribution in [3.63, 3.8) is 0 Å². The first-order chi connectivity index (χ1) is 9.76. The SMILES string of the molecule is CCN1CCC(N2CCN(C3CCC(C)CC3)CC2)C1. The van der Waals surface area contributed by atoms with Gasteiger partial charge in [-0.15, -0.1) is 0 Å². The van der Waals surface area contributed by atoms with E-state index in [-0.39, 0.29) is 0 Å². The van der Waals surface area contributed by atoms with E-state index in [0.717, 1.165) is 18.0 Å². The van der Waals surface area contributed by atoms with Crippen LogP contribution in [0.25, 0.3) is 0 Å². The van der Waals surface area contributed by atoms with E-state index < -0.39 is 0 Å². The summed E-state index contributed by atoms with van der Waals surface area (Å²) in [6.07, 6.45) is 7.22. The average Bonchev–Trinajstić information content (AvgIpc) is 2.97. The lowest BCUT2D eigenvalue weighted by atomic mass is 9.86. The Kier molecular flexibility index (Phi) is 5.00. The Labute approximate surface area is 125 Å². The lowest BCUT2D eigenvalue weighted by Crippen LogP contribution is -2.54. The summed E-state index contributed by atoms with van der Waals surface area (Å²) >= 11 is 0. The fraction of sp³-hybridized carbons (Fsp3) is 1.00. The maximum atomic E-state index is 2.80. The summed E-state index contributed by atoms with van der Waals surface area (Å²) in [6.45, 7) is 13.9. The number of hydrogen-bond donors (Lipinski definition) is 0. The molecule has 0 aromatic carbocycles. The highest BCUT2D eigenvalue weighted by Gasteiger charge is 2.31. The summed E-state index contributed by atoms with van der Waals surface area (Å²) in [5.74, 6) is 0.978. The minimum atomic E-state index is 0.850. The van der Waals surface area contributed by atoms with Gasteiger partial charge in [0.2, 0.25) is 0 Å². The molecule has 1 atom stereocenters. The van der Waals surface area contributed by atoms with Crippen LogP contribution in [-0.2, 0) is 0 Å².